The Labute approximate surface area is 176 Å². The molecule has 1 N–H and O–H groups in total. The van der Waals surface area contributed by atoms with Crippen LogP contribution in [0.3, 0.4) is 0 Å². The van der Waals surface area contributed by atoms with Crippen molar-refractivity contribution in [3.05, 3.63) is 32.6 Å². The van der Waals surface area contributed by atoms with Gasteiger partial charge in [-0.25, -0.2) is 0 Å². The molecule has 0 spiro atoms. The fourth-order valence-corrected chi connectivity index (χ4v) is 6.43. The van der Waals surface area contributed by atoms with Crippen LogP contribution in [-0.2, 0) is 19.5 Å². The molecule has 2 rings (SSSR count). The number of hydrogen-bond donors (Lipinski definition) is 1. The van der Waals surface area contributed by atoms with Crippen LogP contribution in [0, 0.1) is 3.82 Å². The third-order valence-electron chi connectivity index (χ3n) is 5.18. The highest BCUT2D eigenvalue weighted by Crippen LogP contribution is 2.39. The second-order valence-electron chi connectivity index (χ2n) is 6.68. The number of phenols is 1. The topological polar surface area (TPSA) is 26.7 Å². The van der Waals surface area contributed by atoms with Crippen LogP contribution < -0.4 is 0 Å². The third-order valence-corrected chi connectivity index (χ3v) is 8.37. The molecule has 0 aliphatic rings. The Hall–Kier alpha value is -0.790. The number of benzene rings is 1. The van der Waals surface area contributed by atoms with Crippen molar-refractivity contribution in [2.75, 3.05) is 26.2 Å². The van der Waals surface area contributed by atoms with Crippen molar-refractivity contribution in [3.63, 3.8) is 0 Å². The number of aromatic hydroxyl groups is 1. The molecule has 0 atom stereocenters. The second kappa shape index (κ2) is 10.7. The minimum absolute atomic E-state index is 0.453. The van der Waals surface area contributed by atoms with Gasteiger partial charge < -0.3 is 5.11 Å². The van der Waals surface area contributed by atoms with Gasteiger partial charge in [-0.1, -0.05) is 67.5 Å². The van der Waals surface area contributed by atoms with Crippen LogP contribution in [0.2, 0.25) is 0 Å². The molecule has 0 fully saturated rings. The van der Waals surface area contributed by atoms with Gasteiger partial charge >= 0.3 is 0 Å². The fourth-order valence-electron chi connectivity index (χ4n) is 3.31. The lowest BCUT2D eigenvalue weighted by molar-refractivity contribution is 0.281. The van der Waals surface area contributed by atoms with Crippen molar-refractivity contribution >= 4 is 32.9 Å². The predicted octanol–water partition coefficient (Wildman–Crippen LogP) is 6.16. The normalized spacial score (nSPS) is 11.7. The van der Waals surface area contributed by atoms with Crippen molar-refractivity contribution in [3.8, 4) is 16.2 Å². The molecule has 0 saturated carbocycles. The van der Waals surface area contributed by atoms with E-state index in [9.17, 15) is 5.11 Å². The quantitative estimate of drug-likeness (QED) is 0.365. The highest BCUT2D eigenvalue weighted by atomic mass is 32.9. The molecule has 0 bridgehead atoms. The molecule has 2 aromatic rings. The zero-order valence-corrected chi connectivity index (χ0v) is 19.6. The minimum Gasteiger partial charge on any atom is -0.507 e. The van der Waals surface area contributed by atoms with Crippen molar-refractivity contribution in [1.82, 2.24) is 9.80 Å². The number of nitrogens with zero attached hydrogens (tertiary/aromatic N) is 2. The van der Waals surface area contributed by atoms with Gasteiger partial charge in [-0.15, -0.1) is 0 Å². The Bertz CT molecular complexity index is 754. The monoisotopic (exact) mass is 424 g/mol. The maximum Gasteiger partial charge on any atom is 0.124 e. The van der Waals surface area contributed by atoms with Crippen molar-refractivity contribution in [2.24, 2.45) is 0 Å². The zero-order valence-electron chi connectivity index (χ0n) is 17.2. The molecule has 0 unspecified atom stereocenters. The highest BCUT2D eigenvalue weighted by Gasteiger charge is 2.17. The Morgan fingerprint density at radius 3 is 1.74 bits per heavy atom. The van der Waals surface area contributed by atoms with E-state index < -0.39 is 0 Å². The van der Waals surface area contributed by atoms with Gasteiger partial charge in [0.2, 0.25) is 0 Å². The van der Waals surface area contributed by atoms with E-state index in [-0.39, 0.29) is 0 Å². The van der Waals surface area contributed by atoms with Crippen molar-refractivity contribution in [1.29, 1.82) is 0 Å². The first-order chi connectivity index (χ1) is 13.0. The standard InChI is InChI=1S/C21H32N2OS3/c1-6-18-20(26-27-21(18)25)15-11-16(13-22(7-2)8-3)19(24)17(12-15)14-23(9-4)10-5/h11-12,24H,6-10,13-14H2,1-5H3. The van der Waals surface area contributed by atoms with Gasteiger partial charge in [0.05, 0.1) is 4.88 Å². The summed E-state index contributed by atoms with van der Waals surface area (Å²) in [6, 6.07) is 4.34. The number of rotatable bonds is 10. The van der Waals surface area contributed by atoms with Crippen LogP contribution in [0.15, 0.2) is 12.1 Å². The van der Waals surface area contributed by atoms with E-state index >= 15 is 0 Å². The van der Waals surface area contributed by atoms with Gasteiger partial charge in [0.15, 0.2) is 0 Å². The minimum atomic E-state index is 0.453. The Kier molecular flexibility index (Phi) is 8.89. The Morgan fingerprint density at radius 1 is 0.852 bits per heavy atom. The molecule has 1 heterocycles. The molecule has 150 valence electrons. The molecular weight excluding hydrogens is 392 g/mol. The van der Waals surface area contributed by atoms with Crippen LogP contribution in [0.1, 0.15) is 51.3 Å². The van der Waals surface area contributed by atoms with Gasteiger partial charge in [-0.2, -0.15) is 0 Å². The highest BCUT2D eigenvalue weighted by molar-refractivity contribution is 7.80. The van der Waals surface area contributed by atoms with Crippen LogP contribution in [-0.4, -0.2) is 41.1 Å². The summed E-state index contributed by atoms with van der Waals surface area (Å²) < 4.78 is 1.00. The van der Waals surface area contributed by atoms with E-state index in [1.165, 1.54) is 16.0 Å². The summed E-state index contributed by atoms with van der Waals surface area (Å²) >= 11 is 5.54. The predicted molar refractivity (Wildman–Crippen MR) is 123 cm³/mol. The molecule has 3 nitrogen and oxygen atoms in total. The van der Waals surface area contributed by atoms with Gasteiger partial charge in [-0.3, -0.25) is 9.80 Å². The summed E-state index contributed by atoms with van der Waals surface area (Å²) in [5.74, 6) is 0.453. The lowest BCUT2D eigenvalue weighted by atomic mass is 10.00. The molecule has 0 aliphatic carbocycles. The lowest BCUT2D eigenvalue weighted by Crippen LogP contribution is -2.24. The molecule has 0 radical (unpaired) electrons. The van der Waals surface area contributed by atoms with Crippen LogP contribution in [0.5, 0.6) is 5.75 Å². The van der Waals surface area contributed by atoms with E-state index in [4.69, 9.17) is 12.2 Å². The molecule has 6 heteroatoms. The van der Waals surface area contributed by atoms with Gasteiger partial charge in [-0.05, 0) is 55.9 Å². The maximum absolute atomic E-state index is 11.0. The summed E-state index contributed by atoms with van der Waals surface area (Å²) in [5.41, 5.74) is 4.51. The van der Waals surface area contributed by atoms with E-state index in [1.54, 1.807) is 20.7 Å². The molecule has 27 heavy (non-hydrogen) atoms. The van der Waals surface area contributed by atoms with Gasteiger partial charge in [0, 0.05) is 24.2 Å². The average molecular weight is 425 g/mol. The van der Waals surface area contributed by atoms with Crippen LogP contribution in [0.25, 0.3) is 10.4 Å². The SMILES string of the molecule is CCc1c(-c2cc(CN(CC)CC)c(O)c(CN(CC)CC)c2)ssc1=S. The molecular formula is C21H32N2OS3. The first-order valence-corrected chi connectivity index (χ1v) is 12.5. The third kappa shape index (κ3) is 5.39. The van der Waals surface area contributed by atoms with E-state index in [2.05, 4.69) is 56.6 Å². The molecule has 0 amide bonds. The summed E-state index contributed by atoms with van der Waals surface area (Å²) in [5, 5.41) is 11.0. The van der Waals surface area contributed by atoms with Crippen molar-refractivity contribution < 1.29 is 5.11 Å². The van der Waals surface area contributed by atoms with Gasteiger partial charge in [0.1, 0.15) is 9.57 Å². The molecule has 1 aromatic heterocycles. The van der Waals surface area contributed by atoms with E-state index in [1.807, 2.05) is 0 Å². The fraction of sp³-hybridized carbons (Fsp3) is 0.571. The Balaban J connectivity index is 2.57. The molecule has 0 saturated heterocycles. The zero-order chi connectivity index (χ0) is 20.0. The van der Waals surface area contributed by atoms with Crippen LogP contribution in [0.4, 0.5) is 0 Å². The van der Waals surface area contributed by atoms with E-state index in [0.29, 0.717) is 5.75 Å². The van der Waals surface area contributed by atoms with Crippen LogP contribution >= 0.6 is 32.9 Å². The first-order valence-electron chi connectivity index (χ1n) is 9.90. The Morgan fingerprint density at radius 2 is 1.33 bits per heavy atom. The smallest absolute Gasteiger partial charge is 0.124 e. The molecule has 0 aliphatic heterocycles. The van der Waals surface area contributed by atoms with Gasteiger partial charge in [0.25, 0.3) is 0 Å². The number of hydrogen-bond acceptors (Lipinski definition) is 6. The second-order valence-corrected chi connectivity index (χ2v) is 9.50. The first kappa shape index (κ1) is 22.5. The largest absolute Gasteiger partial charge is 0.507 e. The lowest BCUT2D eigenvalue weighted by Gasteiger charge is -2.23. The summed E-state index contributed by atoms with van der Waals surface area (Å²) in [6.07, 6.45) is 0.950. The number of phenolic OH excluding ortho intramolecular Hbond substituents is 1. The molecule has 1 aromatic carbocycles. The van der Waals surface area contributed by atoms with Crippen molar-refractivity contribution in [2.45, 2.75) is 54.1 Å². The summed E-state index contributed by atoms with van der Waals surface area (Å²) in [4.78, 5) is 5.96. The summed E-state index contributed by atoms with van der Waals surface area (Å²) in [6.45, 7) is 16.3. The maximum atomic E-state index is 11.0. The summed E-state index contributed by atoms with van der Waals surface area (Å²) in [7, 11) is 3.45. The van der Waals surface area contributed by atoms with E-state index in [0.717, 1.165) is 60.6 Å². The average Bonchev–Trinajstić information content (AvgIpc) is 3.06.